The zero-order valence-electron chi connectivity index (χ0n) is 3.86. The number of hydrogen-bond donors (Lipinski definition) is 0. The van der Waals surface area contributed by atoms with Crippen LogP contribution in [0.2, 0.25) is 0 Å². The normalized spacial score (nSPS) is 7.38. The molecule has 0 atom stereocenters. The molecule has 0 fully saturated rings. The summed E-state index contributed by atoms with van der Waals surface area (Å²) in [6.45, 7) is 0. The Balaban J connectivity index is -0.0000000267. The van der Waals surface area contributed by atoms with Crippen LogP contribution in [0.25, 0.3) is 0 Å². The van der Waals surface area contributed by atoms with Crippen molar-refractivity contribution in [3.05, 3.63) is 0 Å². The summed E-state index contributed by atoms with van der Waals surface area (Å²) in [4.78, 5) is 25.6. The second kappa shape index (κ2) is 8.23. The molecule has 0 heterocycles. The van der Waals surface area contributed by atoms with Gasteiger partial charge in [0.25, 0.3) is 0 Å². The number of rotatable bonds is 0. The van der Waals surface area contributed by atoms with E-state index in [4.69, 9.17) is 19.2 Å². The molecular formula is H2AlO5PZn. The first-order valence-corrected chi connectivity index (χ1v) is 2.19. The molecule has 5 nitrogen and oxygen atoms in total. The van der Waals surface area contributed by atoms with Gasteiger partial charge in [-0.3, -0.25) is 0 Å². The van der Waals surface area contributed by atoms with Gasteiger partial charge in [0.15, 0.2) is 0 Å². The number of hydrogen-bond acceptors (Lipinski definition) is 4. The standard InChI is InChI=1S/Al.H3O4P.H2O.Zn/c;1-5(2,3)4;;/h;(H3,1,2,3,4);1H2;/q+3;;;/p-3. The van der Waals surface area contributed by atoms with Crippen LogP contribution in [-0.2, 0) is 24.0 Å². The van der Waals surface area contributed by atoms with Crippen LogP contribution in [0.1, 0.15) is 0 Å². The van der Waals surface area contributed by atoms with Gasteiger partial charge in [0.05, 0.1) is 0 Å². The first-order chi connectivity index (χ1) is 2.00. The van der Waals surface area contributed by atoms with Gasteiger partial charge in [-0.05, 0) is 0 Å². The minimum Gasteiger partial charge on any atom is -0.822 e. The Morgan fingerprint density at radius 1 is 1.12 bits per heavy atom. The molecule has 2 N–H and O–H groups in total. The molecule has 0 amide bonds. The predicted octanol–water partition coefficient (Wildman–Crippen LogP) is -4.03. The maximum Gasteiger partial charge on any atom is 3.00 e. The fourth-order valence-electron chi connectivity index (χ4n) is 0. The second-order valence-electron chi connectivity index (χ2n) is 0.447. The van der Waals surface area contributed by atoms with Crippen molar-refractivity contribution in [3.8, 4) is 0 Å². The molecule has 0 unspecified atom stereocenters. The zero-order valence-corrected chi connectivity index (χ0v) is 8.88. The van der Waals surface area contributed by atoms with Crippen LogP contribution in [-0.4, -0.2) is 22.8 Å². The van der Waals surface area contributed by atoms with E-state index in [2.05, 4.69) is 0 Å². The van der Waals surface area contributed by atoms with Crippen molar-refractivity contribution in [1.29, 1.82) is 0 Å². The van der Waals surface area contributed by atoms with E-state index in [9.17, 15) is 0 Å². The molecular weight excluding hydrogens is 203 g/mol. The van der Waals surface area contributed by atoms with Gasteiger partial charge >= 0.3 is 17.4 Å². The summed E-state index contributed by atoms with van der Waals surface area (Å²) in [5.74, 6) is 0. The van der Waals surface area contributed by atoms with Gasteiger partial charge in [-0.1, -0.05) is 0 Å². The molecule has 42 valence electrons. The van der Waals surface area contributed by atoms with Crippen LogP contribution in [0.4, 0.5) is 0 Å². The summed E-state index contributed by atoms with van der Waals surface area (Å²) >= 11 is 0. The fraction of sp³-hybridized carbons (Fsp3) is 0. The maximum absolute atomic E-state index is 8.55. The van der Waals surface area contributed by atoms with Crippen LogP contribution in [0, 0.1) is 0 Å². The average Bonchev–Trinajstić information content (AvgIpc) is 0.722. The topological polar surface area (TPSA) is 118 Å². The third-order valence-corrected chi connectivity index (χ3v) is 0. The maximum atomic E-state index is 8.55. The van der Waals surface area contributed by atoms with Crippen molar-refractivity contribution in [2.45, 2.75) is 0 Å². The zero-order chi connectivity index (χ0) is 4.50. The monoisotopic (exact) mass is 204 g/mol. The molecule has 0 aliphatic heterocycles. The molecule has 8 heteroatoms. The molecule has 0 bridgehead atoms. The van der Waals surface area contributed by atoms with E-state index < -0.39 is 7.82 Å². The Morgan fingerprint density at radius 3 is 1.12 bits per heavy atom. The van der Waals surface area contributed by atoms with Gasteiger partial charge in [0.2, 0.25) is 0 Å². The van der Waals surface area contributed by atoms with Crippen LogP contribution >= 0.6 is 7.82 Å². The van der Waals surface area contributed by atoms with Crippen molar-refractivity contribution in [2.24, 2.45) is 0 Å². The molecule has 0 aromatic heterocycles. The first kappa shape index (κ1) is 22.9. The summed E-state index contributed by atoms with van der Waals surface area (Å²) in [6, 6.07) is 0. The summed E-state index contributed by atoms with van der Waals surface area (Å²) < 4.78 is 8.55. The van der Waals surface area contributed by atoms with E-state index in [1.54, 1.807) is 0 Å². The molecule has 0 aromatic rings. The second-order valence-corrected chi connectivity index (χ2v) is 1.34. The minimum atomic E-state index is -5.39. The smallest absolute Gasteiger partial charge is 0.822 e. The summed E-state index contributed by atoms with van der Waals surface area (Å²) in [7, 11) is -5.39. The van der Waals surface area contributed by atoms with Crippen molar-refractivity contribution < 1.29 is 44.2 Å². The van der Waals surface area contributed by atoms with Gasteiger partial charge in [-0.2, -0.15) is 7.82 Å². The third kappa shape index (κ3) is 186. The quantitative estimate of drug-likeness (QED) is 0.295. The van der Waals surface area contributed by atoms with Crippen molar-refractivity contribution in [2.75, 3.05) is 0 Å². The predicted molar refractivity (Wildman–Crippen MR) is 17.0 cm³/mol. The average molecular weight is 205 g/mol. The summed E-state index contributed by atoms with van der Waals surface area (Å²) in [5, 5.41) is 0. The van der Waals surface area contributed by atoms with Gasteiger partial charge in [-0.25, -0.2) is 0 Å². The third-order valence-electron chi connectivity index (χ3n) is 0. The van der Waals surface area contributed by atoms with E-state index in [0.29, 0.717) is 0 Å². The van der Waals surface area contributed by atoms with Gasteiger partial charge < -0.3 is 24.7 Å². The molecule has 0 spiro atoms. The Labute approximate surface area is 69.5 Å². The van der Waals surface area contributed by atoms with E-state index in [1.807, 2.05) is 0 Å². The largest absolute Gasteiger partial charge is 3.00 e. The first-order valence-electron chi connectivity index (χ1n) is 0.730. The molecule has 0 aromatic carbocycles. The summed E-state index contributed by atoms with van der Waals surface area (Å²) in [5.41, 5.74) is 0. The van der Waals surface area contributed by atoms with Crippen molar-refractivity contribution >= 4 is 25.2 Å². The fourth-order valence-corrected chi connectivity index (χ4v) is 0. The molecule has 0 radical (unpaired) electrons. The SMILES string of the molecule is O.O=P([O-])([O-])[O-].[Al+3].[Zn]. The van der Waals surface area contributed by atoms with E-state index in [1.165, 1.54) is 0 Å². The Bertz CT molecular complexity index is 58.6. The molecule has 0 saturated heterocycles. The van der Waals surface area contributed by atoms with Crippen LogP contribution in [0.3, 0.4) is 0 Å². The van der Waals surface area contributed by atoms with Gasteiger partial charge in [0, 0.05) is 19.5 Å². The van der Waals surface area contributed by atoms with E-state index >= 15 is 0 Å². The van der Waals surface area contributed by atoms with E-state index in [0.717, 1.165) is 0 Å². The molecule has 0 aliphatic carbocycles. The molecule has 8 heavy (non-hydrogen) atoms. The molecule has 0 saturated carbocycles. The Hall–Kier alpha value is 1.23. The van der Waals surface area contributed by atoms with Gasteiger partial charge in [-0.15, -0.1) is 0 Å². The molecule has 0 rings (SSSR count). The van der Waals surface area contributed by atoms with Gasteiger partial charge in [0.1, 0.15) is 0 Å². The molecule has 0 aliphatic rings. The van der Waals surface area contributed by atoms with Crippen molar-refractivity contribution in [1.82, 2.24) is 0 Å². The Morgan fingerprint density at radius 2 is 1.12 bits per heavy atom. The van der Waals surface area contributed by atoms with E-state index in [-0.39, 0.29) is 42.3 Å². The summed E-state index contributed by atoms with van der Waals surface area (Å²) in [6.07, 6.45) is 0. The van der Waals surface area contributed by atoms with Crippen LogP contribution < -0.4 is 14.7 Å². The van der Waals surface area contributed by atoms with Crippen molar-refractivity contribution in [3.63, 3.8) is 0 Å². The number of phosphoric acid groups is 1. The van der Waals surface area contributed by atoms with Crippen LogP contribution in [0.5, 0.6) is 0 Å². The van der Waals surface area contributed by atoms with Crippen LogP contribution in [0.15, 0.2) is 0 Å². The minimum absolute atomic E-state index is 0. The Kier molecular flexibility index (Phi) is 23.5.